The van der Waals surface area contributed by atoms with Gasteiger partial charge in [-0.2, -0.15) is 18.2 Å². The van der Waals surface area contributed by atoms with Crippen molar-refractivity contribution in [3.63, 3.8) is 0 Å². The number of benzene rings is 1. The summed E-state index contributed by atoms with van der Waals surface area (Å²) in [5, 5.41) is 8.64. The van der Waals surface area contributed by atoms with Gasteiger partial charge in [0.1, 0.15) is 11.1 Å². The maximum Gasteiger partial charge on any atom is 0.490 e. The highest BCUT2D eigenvalue weighted by atomic mass is 35.5. The van der Waals surface area contributed by atoms with Crippen molar-refractivity contribution in [1.29, 1.82) is 0 Å². The number of likely N-dealkylation sites (N-methyl/N-ethyl adjacent to an activating group) is 1. The number of aliphatic carboxylic acids is 1. The Kier molecular flexibility index (Phi) is 5.95. The third kappa shape index (κ3) is 4.51. The number of nitrogens with two attached hydrogens (primary N) is 1. The smallest absolute Gasteiger partial charge is 0.475 e. The number of fused-ring (bicyclic) bond motifs is 3. The monoisotopic (exact) mass is 445 g/mol. The lowest BCUT2D eigenvalue weighted by molar-refractivity contribution is -0.192. The third-order valence-corrected chi connectivity index (χ3v) is 4.94. The molecule has 1 atom stereocenters. The van der Waals surface area contributed by atoms with Crippen molar-refractivity contribution in [2.75, 3.05) is 37.8 Å². The Morgan fingerprint density at radius 1 is 1.37 bits per heavy atom. The standard InChI is InChI=1S/C16H18ClN5O.C2HF3O2/c1-21(2)10-5-6-22(8-10)15-14-13(19-16(18)20-15)11-7-9(17)3-4-12(11)23-14;3-2(4,5)1(6)7/h3-4,7,10H,5-6,8H2,1-2H3,(H2,18,19,20);(H,6,7)/t10-;/m1./s1. The topological polar surface area (TPSA) is 109 Å². The molecular formula is C18H19ClF3N5O3. The number of aromatic nitrogens is 2. The number of carboxylic acid groups (broad SMARTS) is 1. The Bertz CT molecular complexity index is 1090. The molecule has 8 nitrogen and oxygen atoms in total. The zero-order valence-electron chi connectivity index (χ0n) is 16.1. The average Bonchev–Trinajstić information content (AvgIpc) is 3.26. The van der Waals surface area contributed by atoms with Crippen LogP contribution in [0, 0.1) is 0 Å². The summed E-state index contributed by atoms with van der Waals surface area (Å²) in [6, 6.07) is 6.01. The lowest BCUT2D eigenvalue weighted by Crippen LogP contribution is -2.31. The van der Waals surface area contributed by atoms with E-state index in [1.54, 1.807) is 6.07 Å². The molecule has 30 heavy (non-hydrogen) atoms. The molecule has 3 heterocycles. The quantitative estimate of drug-likeness (QED) is 0.618. The number of furan rings is 1. The van der Waals surface area contributed by atoms with Gasteiger partial charge in [-0.05, 0) is 38.7 Å². The molecule has 4 rings (SSSR count). The van der Waals surface area contributed by atoms with Gasteiger partial charge >= 0.3 is 12.1 Å². The van der Waals surface area contributed by atoms with Gasteiger partial charge in [-0.3, -0.25) is 0 Å². The first-order valence-electron chi connectivity index (χ1n) is 8.84. The fraction of sp³-hybridized carbons (Fsp3) is 0.389. The second-order valence-corrected chi connectivity index (χ2v) is 7.42. The van der Waals surface area contributed by atoms with Crippen LogP contribution in [0.5, 0.6) is 0 Å². The van der Waals surface area contributed by atoms with Gasteiger partial charge in [-0.25, -0.2) is 9.78 Å². The highest BCUT2D eigenvalue weighted by molar-refractivity contribution is 6.31. The molecule has 0 amide bonds. The minimum atomic E-state index is -5.08. The number of carbonyl (C=O) groups is 1. The van der Waals surface area contributed by atoms with E-state index in [4.69, 9.17) is 31.7 Å². The first kappa shape index (κ1) is 21.9. The maximum atomic E-state index is 10.6. The first-order valence-corrected chi connectivity index (χ1v) is 9.22. The van der Waals surface area contributed by atoms with Gasteiger partial charge in [-0.1, -0.05) is 11.6 Å². The van der Waals surface area contributed by atoms with Crippen LogP contribution in [0.1, 0.15) is 6.42 Å². The molecule has 0 unspecified atom stereocenters. The van der Waals surface area contributed by atoms with Gasteiger partial charge in [0.25, 0.3) is 0 Å². The molecule has 0 spiro atoms. The summed E-state index contributed by atoms with van der Waals surface area (Å²) in [6.07, 6.45) is -4.00. The Morgan fingerprint density at radius 2 is 2.03 bits per heavy atom. The van der Waals surface area contributed by atoms with E-state index in [1.165, 1.54) is 0 Å². The van der Waals surface area contributed by atoms with Crippen LogP contribution >= 0.6 is 11.6 Å². The van der Waals surface area contributed by atoms with Crippen LogP contribution in [-0.2, 0) is 4.79 Å². The number of carboxylic acids is 1. The Labute approximate surface area is 174 Å². The van der Waals surface area contributed by atoms with E-state index in [0.29, 0.717) is 16.6 Å². The number of anilines is 2. The number of rotatable bonds is 2. The average molecular weight is 446 g/mol. The van der Waals surface area contributed by atoms with E-state index in [2.05, 4.69) is 33.9 Å². The minimum Gasteiger partial charge on any atom is -0.475 e. The summed E-state index contributed by atoms with van der Waals surface area (Å²) in [6.45, 7) is 1.82. The number of nitrogen functional groups attached to an aromatic ring is 1. The van der Waals surface area contributed by atoms with Crippen molar-refractivity contribution in [1.82, 2.24) is 14.9 Å². The summed E-state index contributed by atoms with van der Waals surface area (Å²) in [7, 11) is 4.20. The summed E-state index contributed by atoms with van der Waals surface area (Å²) < 4.78 is 37.7. The van der Waals surface area contributed by atoms with Crippen LogP contribution in [0.2, 0.25) is 5.02 Å². The maximum absolute atomic E-state index is 10.6. The van der Waals surface area contributed by atoms with Crippen LogP contribution in [0.15, 0.2) is 22.6 Å². The van der Waals surface area contributed by atoms with Crippen LogP contribution in [-0.4, -0.2) is 65.3 Å². The lowest BCUT2D eigenvalue weighted by atomic mass is 10.2. The predicted molar refractivity (Wildman–Crippen MR) is 107 cm³/mol. The molecule has 3 N–H and O–H groups in total. The van der Waals surface area contributed by atoms with Gasteiger partial charge in [0, 0.05) is 29.5 Å². The Hall–Kier alpha value is -2.79. The highest BCUT2D eigenvalue weighted by Gasteiger charge is 2.38. The van der Waals surface area contributed by atoms with Gasteiger partial charge in [0.2, 0.25) is 5.95 Å². The Balaban J connectivity index is 0.000000318. The zero-order chi connectivity index (χ0) is 22.2. The largest absolute Gasteiger partial charge is 0.490 e. The number of halogens is 4. The van der Waals surface area contributed by atoms with E-state index in [1.807, 2.05) is 12.1 Å². The summed E-state index contributed by atoms with van der Waals surface area (Å²) in [5.74, 6) is -1.74. The molecule has 1 saturated heterocycles. The molecule has 1 aliphatic heterocycles. The van der Waals surface area contributed by atoms with Crippen LogP contribution < -0.4 is 10.6 Å². The lowest BCUT2D eigenvalue weighted by Gasteiger charge is -2.21. The fourth-order valence-corrected chi connectivity index (χ4v) is 3.36. The van der Waals surface area contributed by atoms with Crippen molar-refractivity contribution >= 4 is 51.4 Å². The molecule has 162 valence electrons. The van der Waals surface area contributed by atoms with Gasteiger partial charge < -0.3 is 25.1 Å². The fourth-order valence-electron chi connectivity index (χ4n) is 3.19. The number of alkyl halides is 3. The summed E-state index contributed by atoms with van der Waals surface area (Å²) in [5.41, 5.74) is 8.08. The van der Waals surface area contributed by atoms with Crippen molar-refractivity contribution < 1.29 is 27.5 Å². The van der Waals surface area contributed by atoms with Crippen molar-refractivity contribution in [3.8, 4) is 0 Å². The highest BCUT2D eigenvalue weighted by Crippen LogP contribution is 2.36. The predicted octanol–water partition coefficient (Wildman–Crippen LogP) is 3.39. The molecule has 0 radical (unpaired) electrons. The molecular weight excluding hydrogens is 427 g/mol. The van der Waals surface area contributed by atoms with Crippen LogP contribution in [0.4, 0.5) is 24.9 Å². The normalized spacial score (nSPS) is 16.9. The van der Waals surface area contributed by atoms with E-state index in [9.17, 15) is 13.2 Å². The van der Waals surface area contributed by atoms with Crippen molar-refractivity contribution in [3.05, 3.63) is 23.2 Å². The number of hydrogen-bond acceptors (Lipinski definition) is 7. The number of hydrogen-bond donors (Lipinski definition) is 2. The molecule has 1 aromatic carbocycles. The molecule has 3 aromatic rings. The van der Waals surface area contributed by atoms with Crippen molar-refractivity contribution in [2.24, 2.45) is 0 Å². The first-order chi connectivity index (χ1) is 14.0. The van der Waals surface area contributed by atoms with E-state index in [0.717, 1.165) is 41.8 Å². The van der Waals surface area contributed by atoms with E-state index < -0.39 is 12.1 Å². The molecule has 1 aliphatic rings. The SMILES string of the molecule is CN(C)[C@@H]1CCN(c2nc(N)nc3c2oc2ccc(Cl)cc23)C1.O=C(O)C(F)(F)F. The summed E-state index contributed by atoms with van der Waals surface area (Å²) in [4.78, 5) is 22.2. The van der Waals surface area contributed by atoms with E-state index >= 15 is 0 Å². The molecule has 0 saturated carbocycles. The van der Waals surface area contributed by atoms with Crippen LogP contribution in [0.25, 0.3) is 22.1 Å². The molecule has 0 aliphatic carbocycles. The van der Waals surface area contributed by atoms with Gasteiger partial charge in [0.15, 0.2) is 11.4 Å². The van der Waals surface area contributed by atoms with E-state index in [-0.39, 0.29) is 5.95 Å². The van der Waals surface area contributed by atoms with Gasteiger partial charge in [0.05, 0.1) is 0 Å². The second-order valence-electron chi connectivity index (χ2n) is 6.98. The molecule has 2 aromatic heterocycles. The van der Waals surface area contributed by atoms with Crippen LogP contribution in [0.3, 0.4) is 0 Å². The number of nitrogens with zero attached hydrogens (tertiary/aromatic N) is 4. The molecule has 0 bridgehead atoms. The summed E-state index contributed by atoms with van der Waals surface area (Å²) >= 11 is 6.10. The third-order valence-electron chi connectivity index (χ3n) is 4.71. The molecule has 1 fully saturated rings. The van der Waals surface area contributed by atoms with Gasteiger partial charge in [-0.15, -0.1) is 0 Å². The second kappa shape index (κ2) is 8.15. The minimum absolute atomic E-state index is 0.253. The Morgan fingerprint density at radius 3 is 2.60 bits per heavy atom. The zero-order valence-corrected chi connectivity index (χ0v) is 16.8. The van der Waals surface area contributed by atoms with Crippen molar-refractivity contribution in [2.45, 2.75) is 18.6 Å². The molecule has 12 heteroatoms.